The molecule has 112 valence electrons. The highest BCUT2D eigenvalue weighted by atomic mass is 79.9. The van der Waals surface area contributed by atoms with E-state index in [0.717, 1.165) is 16.5 Å². The van der Waals surface area contributed by atoms with Gasteiger partial charge in [0.05, 0.1) is 12.2 Å². The van der Waals surface area contributed by atoms with E-state index in [4.69, 9.17) is 4.74 Å². The summed E-state index contributed by atoms with van der Waals surface area (Å²) in [6, 6.07) is 5.56. The van der Waals surface area contributed by atoms with Crippen molar-refractivity contribution < 1.29 is 14.9 Å². The second kappa shape index (κ2) is 7.43. The van der Waals surface area contributed by atoms with Crippen molar-refractivity contribution in [3.8, 4) is 5.75 Å². The van der Waals surface area contributed by atoms with E-state index in [1.54, 1.807) is 6.92 Å². The van der Waals surface area contributed by atoms with Crippen molar-refractivity contribution >= 4 is 15.9 Å². The van der Waals surface area contributed by atoms with Crippen molar-refractivity contribution in [1.29, 1.82) is 0 Å². The first-order valence-corrected chi connectivity index (χ1v) is 8.14. The van der Waals surface area contributed by atoms with Crippen molar-refractivity contribution in [3.63, 3.8) is 0 Å². The Morgan fingerprint density at radius 3 is 2.65 bits per heavy atom. The summed E-state index contributed by atoms with van der Waals surface area (Å²) in [4.78, 5) is 0. The molecule has 1 aromatic rings. The summed E-state index contributed by atoms with van der Waals surface area (Å²) < 4.78 is 6.62. The van der Waals surface area contributed by atoms with Crippen LogP contribution < -0.4 is 4.74 Å². The van der Waals surface area contributed by atoms with E-state index in [1.165, 1.54) is 25.7 Å². The maximum atomic E-state index is 10.1. The molecule has 1 aliphatic rings. The molecule has 0 saturated heterocycles. The molecule has 0 spiro atoms. The Hall–Kier alpha value is -0.580. The summed E-state index contributed by atoms with van der Waals surface area (Å²) in [6.45, 7) is 2.00. The lowest BCUT2D eigenvalue weighted by atomic mass is 10.0. The van der Waals surface area contributed by atoms with Crippen molar-refractivity contribution in [2.24, 2.45) is 5.92 Å². The molecule has 0 aromatic heterocycles. The average molecular weight is 343 g/mol. The van der Waals surface area contributed by atoms with Crippen LogP contribution in [0.2, 0.25) is 0 Å². The van der Waals surface area contributed by atoms with Gasteiger partial charge in [0.15, 0.2) is 0 Å². The number of benzene rings is 1. The molecule has 0 bridgehead atoms. The predicted octanol–water partition coefficient (Wildman–Crippen LogP) is 3.82. The lowest BCUT2D eigenvalue weighted by Gasteiger charge is -2.18. The van der Waals surface area contributed by atoms with Crippen molar-refractivity contribution in [2.45, 2.75) is 51.2 Å². The molecule has 0 aliphatic heterocycles. The van der Waals surface area contributed by atoms with Gasteiger partial charge in [-0.2, -0.15) is 0 Å². The molecule has 1 saturated carbocycles. The standard InChI is InChI=1S/C16H23BrO3/c1-11(18)15-7-6-13(17)9-16(15)20-10-14(19)8-12-4-2-3-5-12/h6-7,9,11-12,14,18-19H,2-5,8,10H2,1H3/t11-,14?/m1/s1. The molecule has 2 rings (SSSR count). The van der Waals surface area contributed by atoms with Crippen LogP contribution in [0.15, 0.2) is 22.7 Å². The van der Waals surface area contributed by atoms with Gasteiger partial charge in [0.2, 0.25) is 0 Å². The number of hydrogen-bond donors (Lipinski definition) is 2. The Kier molecular flexibility index (Phi) is 5.87. The Morgan fingerprint density at radius 2 is 2.00 bits per heavy atom. The average Bonchev–Trinajstić information content (AvgIpc) is 2.89. The molecular formula is C16H23BrO3. The normalized spacial score (nSPS) is 19.0. The van der Waals surface area contributed by atoms with Gasteiger partial charge in [-0.1, -0.05) is 47.7 Å². The molecule has 0 amide bonds. The number of hydrogen-bond acceptors (Lipinski definition) is 3. The van der Waals surface area contributed by atoms with Crippen LogP contribution in [0, 0.1) is 5.92 Å². The third-order valence-electron chi connectivity index (χ3n) is 3.94. The maximum Gasteiger partial charge on any atom is 0.126 e. The number of aliphatic hydroxyl groups is 2. The van der Waals surface area contributed by atoms with Crippen LogP contribution in [0.3, 0.4) is 0 Å². The van der Waals surface area contributed by atoms with E-state index in [0.29, 0.717) is 11.7 Å². The van der Waals surface area contributed by atoms with E-state index in [9.17, 15) is 10.2 Å². The van der Waals surface area contributed by atoms with Crippen molar-refractivity contribution in [3.05, 3.63) is 28.2 Å². The topological polar surface area (TPSA) is 49.7 Å². The Labute approximate surface area is 129 Å². The van der Waals surface area contributed by atoms with Crippen LogP contribution in [0.1, 0.15) is 50.7 Å². The first-order valence-electron chi connectivity index (χ1n) is 7.34. The molecule has 20 heavy (non-hydrogen) atoms. The summed E-state index contributed by atoms with van der Waals surface area (Å²) >= 11 is 3.40. The van der Waals surface area contributed by atoms with Gasteiger partial charge in [0, 0.05) is 10.0 Å². The van der Waals surface area contributed by atoms with Crippen molar-refractivity contribution in [2.75, 3.05) is 6.61 Å². The molecule has 0 radical (unpaired) electrons. The number of rotatable bonds is 6. The Morgan fingerprint density at radius 1 is 1.30 bits per heavy atom. The van der Waals surface area contributed by atoms with Crippen molar-refractivity contribution in [1.82, 2.24) is 0 Å². The lowest BCUT2D eigenvalue weighted by molar-refractivity contribution is 0.0832. The summed E-state index contributed by atoms with van der Waals surface area (Å²) in [5.41, 5.74) is 0.751. The third-order valence-corrected chi connectivity index (χ3v) is 4.43. The fraction of sp³-hybridized carbons (Fsp3) is 0.625. The highest BCUT2D eigenvalue weighted by Gasteiger charge is 2.19. The summed E-state index contributed by atoms with van der Waals surface area (Å²) in [5.74, 6) is 1.28. The van der Waals surface area contributed by atoms with Gasteiger partial charge < -0.3 is 14.9 Å². The Balaban J connectivity index is 1.90. The number of ether oxygens (including phenoxy) is 1. The van der Waals surface area contributed by atoms with Gasteiger partial charge in [0.1, 0.15) is 12.4 Å². The smallest absolute Gasteiger partial charge is 0.126 e. The number of halogens is 1. The largest absolute Gasteiger partial charge is 0.490 e. The lowest BCUT2D eigenvalue weighted by Crippen LogP contribution is -2.21. The van der Waals surface area contributed by atoms with Crippen LogP contribution >= 0.6 is 15.9 Å². The summed E-state index contributed by atoms with van der Waals surface area (Å²) in [5, 5.41) is 19.8. The van der Waals surface area contributed by atoms with Gasteiger partial charge in [-0.25, -0.2) is 0 Å². The minimum absolute atomic E-state index is 0.284. The molecule has 1 aliphatic carbocycles. The second-order valence-corrected chi connectivity index (χ2v) is 6.62. The fourth-order valence-corrected chi connectivity index (χ4v) is 3.20. The van der Waals surface area contributed by atoms with Crippen LogP contribution in [-0.2, 0) is 0 Å². The van der Waals surface area contributed by atoms with Crippen LogP contribution in [0.25, 0.3) is 0 Å². The van der Waals surface area contributed by atoms with E-state index in [1.807, 2.05) is 18.2 Å². The zero-order valence-corrected chi connectivity index (χ0v) is 13.5. The summed E-state index contributed by atoms with van der Waals surface area (Å²) in [7, 11) is 0. The molecule has 1 aromatic carbocycles. The van der Waals surface area contributed by atoms with Gasteiger partial charge in [-0.05, 0) is 31.4 Å². The highest BCUT2D eigenvalue weighted by Crippen LogP contribution is 2.30. The molecule has 1 unspecified atom stereocenters. The molecule has 1 fully saturated rings. The van der Waals surface area contributed by atoms with Gasteiger partial charge >= 0.3 is 0 Å². The quantitative estimate of drug-likeness (QED) is 0.826. The second-order valence-electron chi connectivity index (χ2n) is 5.71. The van der Waals surface area contributed by atoms with Gasteiger partial charge in [-0.15, -0.1) is 0 Å². The van der Waals surface area contributed by atoms with E-state index >= 15 is 0 Å². The van der Waals surface area contributed by atoms with E-state index in [-0.39, 0.29) is 6.61 Å². The van der Waals surface area contributed by atoms with Crippen LogP contribution in [-0.4, -0.2) is 22.9 Å². The van der Waals surface area contributed by atoms with Crippen LogP contribution in [0.4, 0.5) is 0 Å². The Bertz CT molecular complexity index is 428. The summed E-state index contributed by atoms with van der Waals surface area (Å²) in [6.07, 6.45) is 4.84. The minimum atomic E-state index is -0.579. The predicted molar refractivity (Wildman–Crippen MR) is 82.9 cm³/mol. The molecule has 4 heteroatoms. The maximum absolute atomic E-state index is 10.1. The van der Waals surface area contributed by atoms with E-state index in [2.05, 4.69) is 15.9 Å². The number of aliphatic hydroxyl groups excluding tert-OH is 2. The first-order chi connectivity index (χ1) is 9.56. The van der Waals surface area contributed by atoms with Gasteiger partial charge in [0.25, 0.3) is 0 Å². The van der Waals surface area contributed by atoms with E-state index < -0.39 is 12.2 Å². The third kappa shape index (κ3) is 4.47. The minimum Gasteiger partial charge on any atom is -0.490 e. The zero-order valence-electron chi connectivity index (χ0n) is 11.9. The highest BCUT2D eigenvalue weighted by molar-refractivity contribution is 9.10. The molecule has 2 atom stereocenters. The zero-order chi connectivity index (χ0) is 14.5. The molecule has 3 nitrogen and oxygen atoms in total. The molecule has 0 heterocycles. The SMILES string of the molecule is C[C@@H](O)c1ccc(Br)cc1OCC(O)CC1CCCC1. The monoisotopic (exact) mass is 342 g/mol. The van der Waals surface area contributed by atoms with Crippen LogP contribution in [0.5, 0.6) is 5.75 Å². The van der Waals surface area contributed by atoms with Gasteiger partial charge in [-0.3, -0.25) is 0 Å². The first kappa shape index (κ1) is 15.8. The molecule has 2 N–H and O–H groups in total. The molecular weight excluding hydrogens is 320 g/mol. The fourth-order valence-electron chi connectivity index (χ4n) is 2.86.